The minimum Gasteiger partial charge on any atom is -0.322 e. The Morgan fingerprint density at radius 3 is 2.52 bits per heavy atom. The van der Waals surface area contributed by atoms with Gasteiger partial charge in [0.05, 0.1) is 5.56 Å². The number of carbonyl (C=O) groups is 1. The van der Waals surface area contributed by atoms with Crippen molar-refractivity contribution >= 4 is 28.4 Å². The van der Waals surface area contributed by atoms with E-state index in [-0.39, 0.29) is 5.91 Å². The van der Waals surface area contributed by atoms with Crippen molar-refractivity contribution in [2.45, 2.75) is 6.18 Å². The number of alkyl halides is 3. The van der Waals surface area contributed by atoms with Crippen molar-refractivity contribution in [2.24, 2.45) is 0 Å². The molecule has 1 aromatic heterocycles. The van der Waals surface area contributed by atoms with Crippen LogP contribution in [0.1, 0.15) is 11.1 Å². The van der Waals surface area contributed by atoms with Crippen molar-refractivity contribution in [2.75, 3.05) is 5.32 Å². The quantitative estimate of drug-likeness (QED) is 0.688. The van der Waals surface area contributed by atoms with Crippen LogP contribution in [-0.4, -0.2) is 10.9 Å². The van der Waals surface area contributed by atoms with E-state index in [0.717, 1.165) is 22.9 Å². The summed E-state index contributed by atoms with van der Waals surface area (Å²) in [5.41, 5.74) is 0.422. The van der Waals surface area contributed by atoms with E-state index in [1.54, 1.807) is 30.6 Å². The molecule has 0 radical (unpaired) electrons. The molecule has 126 valence electrons. The van der Waals surface area contributed by atoms with Crippen molar-refractivity contribution in [1.29, 1.82) is 0 Å². The molecular weight excluding hydrogens is 329 g/mol. The molecule has 2 aromatic carbocycles. The monoisotopic (exact) mass is 342 g/mol. The van der Waals surface area contributed by atoms with E-state index in [2.05, 4.69) is 10.3 Å². The molecule has 0 saturated carbocycles. The lowest BCUT2D eigenvalue weighted by molar-refractivity contribution is -0.137. The molecule has 1 N–H and O–H groups in total. The van der Waals surface area contributed by atoms with Crippen LogP contribution in [0.15, 0.2) is 67.0 Å². The second kappa shape index (κ2) is 6.76. The molecule has 25 heavy (non-hydrogen) atoms. The molecule has 3 nitrogen and oxygen atoms in total. The summed E-state index contributed by atoms with van der Waals surface area (Å²) in [5.74, 6) is -0.371. The van der Waals surface area contributed by atoms with Crippen molar-refractivity contribution in [1.82, 2.24) is 4.98 Å². The van der Waals surface area contributed by atoms with Gasteiger partial charge in [0.1, 0.15) is 0 Å². The van der Waals surface area contributed by atoms with Crippen molar-refractivity contribution < 1.29 is 18.0 Å². The van der Waals surface area contributed by atoms with Crippen LogP contribution in [-0.2, 0) is 11.0 Å². The molecule has 0 bridgehead atoms. The number of carbonyl (C=O) groups excluding carboxylic acids is 1. The highest BCUT2D eigenvalue weighted by Gasteiger charge is 2.29. The minimum absolute atomic E-state index is 0.371. The first-order valence-corrected chi connectivity index (χ1v) is 7.42. The van der Waals surface area contributed by atoms with Gasteiger partial charge in [0.15, 0.2) is 0 Å². The molecule has 0 atom stereocenters. The van der Waals surface area contributed by atoms with E-state index < -0.39 is 11.7 Å². The first-order chi connectivity index (χ1) is 11.9. The van der Waals surface area contributed by atoms with Gasteiger partial charge in [0.2, 0.25) is 5.91 Å². The highest BCUT2D eigenvalue weighted by Crippen LogP contribution is 2.29. The predicted molar refractivity (Wildman–Crippen MR) is 90.9 cm³/mol. The van der Waals surface area contributed by atoms with Gasteiger partial charge in [-0.25, -0.2) is 0 Å². The molecule has 1 amide bonds. The molecule has 3 aromatic rings. The van der Waals surface area contributed by atoms with Crippen LogP contribution in [0.3, 0.4) is 0 Å². The van der Waals surface area contributed by atoms with Gasteiger partial charge in [-0.3, -0.25) is 9.78 Å². The fourth-order valence-electron chi connectivity index (χ4n) is 2.36. The van der Waals surface area contributed by atoms with Gasteiger partial charge < -0.3 is 5.32 Å². The van der Waals surface area contributed by atoms with Gasteiger partial charge in [-0.05, 0) is 35.9 Å². The zero-order chi connectivity index (χ0) is 17.9. The Labute approximate surface area is 141 Å². The number of halogens is 3. The number of pyridine rings is 1. The Morgan fingerprint density at radius 2 is 1.80 bits per heavy atom. The third-order valence-electron chi connectivity index (χ3n) is 3.60. The summed E-state index contributed by atoms with van der Waals surface area (Å²) in [7, 11) is 0. The summed E-state index contributed by atoms with van der Waals surface area (Å²) >= 11 is 0. The Balaban J connectivity index is 1.73. The van der Waals surface area contributed by atoms with Crippen LogP contribution in [0.4, 0.5) is 18.9 Å². The second-order valence-corrected chi connectivity index (χ2v) is 5.34. The lowest BCUT2D eigenvalue weighted by Crippen LogP contribution is -2.08. The molecule has 0 saturated heterocycles. The Morgan fingerprint density at radius 1 is 1.04 bits per heavy atom. The van der Waals surface area contributed by atoms with Gasteiger partial charge in [0.25, 0.3) is 0 Å². The van der Waals surface area contributed by atoms with Crippen LogP contribution in [0.5, 0.6) is 0 Å². The molecule has 1 heterocycles. The first kappa shape index (κ1) is 16.7. The average Bonchev–Trinajstić information content (AvgIpc) is 2.60. The van der Waals surface area contributed by atoms with Crippen LogP contribution in [0.25, 0.3) is 16.8 Å². The van der Waals surface area contributed by atoms with Crippen molar-refractivity contribution in [3.63, 3.8) is 0 Å². The van der Waals surface area contributed by atoms with Crippen molar-refractivity contribution in [3.8, 4) is 0 Å². The second-order valence-electron chi connectivity index (χ2n) is 5.34. The van der Waals surface area contributed by atoms with Gasteiger partial charge in [-0.15, -0.1) is 0 Å². The zero-order valence-electron chi connectivity index (χ0n) is 12.9. The number of benzene rings is 2. The lowest BCUT2D eigenvalue weighted by atomic mass is 10.1. The smallest absolute Gasteiger partial charge is 0.322 e. The SMILES string of the molecule is O=C(/C=C/c1ccc(C(F)(F)F)cc1)Nc1cccc2cnccc12. The average molecular weight is 342 g/mol. The first-order valence-electron chi connectivity index (χ1n) is 7.42. The lowest BCUT2D eigenvalue weighted by Gasteiger charge is -2.07. The van der Waals surface area contributed by atoms with Gasteiger partial charge in [0, 0.05) is 34.9 Å². The standard InChI is InChI=1S/C19H13F3N2O/c20-19(21,22)15-7-4-13(5-8-15)6-9-18(25)24-17-3-1-2-14-12-23-11-10-16(14)17/h1-12H,(H,24,25)/b9-6+. The van der Waals surface area contributed by atoms with Crippen LogP contribution < -0.4 is 5.32 Å². The Hall–Kier alpha value is -3.15. The number of hydrogen-bond acceptors (Lipinski definition) is 2. The molecule has 6 heteroatoms. The largest absolute Gasteiger partial charge is 0.416 e. The molecule has 0 fully saturated rings. The summed E-state index contributed by atoms with van der Waals surface area (Å²) < 4.78 is 37.6. The summed E-state index contributed by atoms with van der Waals surface area (Å²) in [6.07, 6.45) is 1.70. The number of aromatic nitrogens is 1. The van der Waals surface area contributed by atoms with Gasteiger partial charge >= 0.3 is 6.18 Å². The van der Waals surface area contributed by atoms with E-state index in [1.807, 2.05) is 6.07 Å². The number of amides is 1. The molecule has 3 rings (SSSR count). The number of rotatable bonds is 3. The van der Waals surface area contributed by atoms with E-state index in [1.165, 1.54) is 24.3 Å². The maximum Gasteiger partial charge on any atom is 0.416 e. The number of hydrogen-bond donors (Lipinski definition) is 1. The Kier molecular flexibility index (Phi) is 4.52. The van der Waals surface area contributed by atoms with Gasteiger partial charge in [-0.2, -0.15) is 13.2 Å². The summed E-state index contributed by atoms with van der Waals surface area (Å²) in [4.78, 5) is 16.1. The fraction of sp³-hybridized carbons (Fsp3) is 0.0526. The molecule has 0 aliphatic carbocycles. The topological polar surface area (TPSA) is 42.0 Å². The van der Waals surface area contributed by atoms with Gasteiger partial charge in [-0.1, -0.05) is 24.3 Å². The van der Waals surface area contributed by atoms with Crippen LogP contribution in [0, 0.1) is 0 Å². The Bertz CT molecular complexity index is 926. The van der Waals surface area contributed by atoms with Crippen molar-refractivity contribution in [3.05, 3.63) is 78.1 Å². The molecule has 0 unspecified atom stereocenters. The van der Waals surface area contributed by atoms with E-state index in [4.69, 9.17) is 0 Å². The summed E-state index contributed by atoms with van der Waals surface area (Å²) in [6, 6.07) is 11.9. The molecule has 0 aliphatic heterocycles. The minimum atomic E-state index is -4.37. The zero-order valence-corrected chi connectivity index (χ0v) is 12.9. The van der Waals surface area contributed by atoms with E-state index >= 15 is 0 Å². The molecule has 0 spiro atoms. The number of anilines is 1. The summed E-state index contributed by atoms with van der Waals surface area (Å²) in [6.45, 7) is 0. The molecule has 0 aliphatic rings. The molecular formula is C19H13F3N2O. The predicted octanol–water partition coefficient (Wildman–Crippen LogP) is 4.91. The normalized spacial score (nSPS) is 11.8. The maximum atomic E-state index is 12.5. The number of nitrogens with one attached hydrogen (secondary N) is 1. The highest BCUT2D eigenvalue weighted by atomic mass is 19.4. The maximum absolute atomic E-state index is 12.5. The highest BCUT2D eigenvalue weighted by molar-refractivity contribution is 6.07. The number of nitrogens with zero attached hydrogens (tertiary/aromatic N) is 1. The van der Waals surface area contributed by atoms with Crippen LogP contribution in [0.2, 0.25) is 0 Å². The third-order valence-corrected chi connectivity index (χ3v) is 3.60. The van der Waals surface area contributed by atoms with Crippen LogP contribution >= 0.6 is 0 Å². The van der Waals surface area contributed by atoms with E-state index in [9.17, 15) is 18.0 Å². The fourth-order valence-corrected chi connectivity index (χ4v) is 2.36. The van der Waals surface area contributed by atoms with E-state index in [0.29, 0.717) is 11.3 Å². The summed E-state index contributed by atoms with van der Waals surface area (Å²) in [5, 5.41) is 4.51. The number of fused-ring (bicyclic) bond motifs is 1. The third kappa shape index (κ3) is 4.03.